The molecule has 0 amide bonds. The quantitative estimate of drug-likeness (QED) is 0.941. The standard InChI is InChI=1S/C12H11ClN2O2S/c1-15-4-5-18-12(15)14-10-3-2-8(6-9(10)13)7-11(16)17/h2-6H,7H2,1H3,(H,16,17)/b14-12-. The molecule has 0 unspecified atom stereocenters. The van der Waals surface area contributed by atoms with Crippen molar-refractivity contribution in [3.8, 4) is 0 Å². The molecule has 0 saturated heterocycles. The summed E-state index contributed by atoms with van der Waals surface area (Å²) in [5.41, 5.74) is 1.31. The van der Waals surface area contributed by atoms with Gasteiger partial charge in [0.15, 0.2) is 4.80 Å². The van der Waals surface area contributed by atoms with Crippen LogP contribution in [-0.4, -0.2) is 15.6 Å². The Balaban J connectivity index is 2.37. The van der Waals surface area contributed by atoms with E-state index in [0.717, 1.165) is 4.80 Å². The van der Waals surface area contributed by atoms with Crippen molar-refractivity contribution in [2.75, 3.05) is 0 Å². The number of carboxylic acids is 1. The number of hydrogen-bond acceptors (Lipinski definition) is 3. The van der Waals surface area contributed by atoms with Gasteiger partial charge in [-0.25, -0.2) is 4.99 Å². The molecule has 1 N–H and O–H groups in total. The van der Waals surface area contributed by atoms with Gasteiger partial charge in [-0.1, -0.05) is 17.7 Å². The van der Waals surface area contributed by atoms with Crippen LogP contribution in [0.5, 0.6) is 0 Å². The molecule has 6 heteroatoms. The number of aromatic nitrogens is 1. The fourth-order valence-corrected chi connectivity index (χ4v) is 2.45. The minimum atomic E-state index is -0.875. The van der Waals surface area contributed by atoms with Gasteiger partial charge in [0.1, 0.15) is 0 Å². The molecule has 0 atom stereocenters. The Hall–Kier alpha value is -1.59. The molecule has 0 aliphatic rings. The Morgan fingerprint density at radius 3 is 2.89 bits per heavy atom. The summed E-state index contributed by atoms with van der Waals surface area (Å²) in [4.78, 5) is 15.9. The first-order valence-electron chi connectivity index (χ1n) is 5.21. The summed E-state index contributed by atoms with van der Waals surface area (Å²) < 4.78 is 1.89. The maximum atomic E-state index is 10.6. The molecule has 0 aliphatic carbocycles. The number of aliphatic carboxylic acids is 1. The Kier molecular flexibility index (Phi) is 3.84. The first kappa shape index (κ1) is 12.9. The molecule has 94 valence electrons. The number of carboxylic acid groups (broad SMARTS) is 1. The van der Waals surface area contributed by atoms with Crippen LogP contribution in [0.25, 0.3) is 0 Å². The molecule has 0 fully saturated rings. The highest BCUT2D eigenvalue weighted by atomic mass is 35.5. The molecule has 0 bridgehead atoms. The van der Waals surface area contributed by atoms with Crippen molar-refractivity contribution in [1.29, 1.82) is 0 Å². The van der Waals surface area contributed by atoms with E-state index in [1.807, 2.05) is 23.2 Å². The molecular weight excluding hydrogens is 272 g/mol. The highest BCUT2D eigenvalue weighted by Crippen LogP contribution is 2.25. The molecule has 1 aromatic heterocycles. The van der Waals surface area contributed by atoms with E-state index in [1.165, 1.54) is 11.3 Å². The zero-order chi connectivity index (χ0) is 13.1. The first-order chi connectivity index (χ1) is 8.56. The Morgan fingerprint density at radius 2 is 2.33 bits per heavy atom. The predicted molar refractivity (Wildman–Crippen MR) is 71.3 cm³/mol. The highest BCUT2D eigenvalue weighted by molar-refractivity contribution is 7.07. The van der Waals surface area contributed by atoms with Gasteiger partial charge in [0.25, 0.3) is 0 Å². The van der Waals surface area contributed by atoms with Gasteiger partial charge < -0.3 is 9.67 Å². The third-order valence-electron chi connectivity index (χ3n) is 2.34. The molecule has 0 spiro atoms. The highest BCUT2D eigenvalue weighted by Gasteiger charge is 2.04. The molecular formula is C12H11ClN2O2S. The summed E-state index contributed by atoms with van der Waals surface area (Å²) in [6.45, 7) is 0. The van der Waals surface area contributed by atoms with E-state index in [4.69, 9.17) is 16.7 Å². The average Bonchev–Trinajstić information content (AvgIpc) is 2.67. The van der Waals surface area contributed by atoms with Gasteiger partial charge in [-0.05, 0) is 17.7 Å². The third-order valence-corrected chi connectivity index (χ3v) is 3.49. The lowest BCUT2D eigenvalue weighted by atomic mass is 10.1. The Labute approximate surface area is 113 Å². The van der Waals surface area contributed by atoms with Crippen molar-refractivity contribution in [2.45, 2.75) is 6.42 Å². The van der Waals surface area contributed by atoms with Crippen molar-refractivity contribution in [2.24, 2.45) is 12.0 Å². The van der Waals surface area contributed by atoms with Crippen LogP contribution in [0.3, 0.4) is 0 Å². The molecule has 1 heterocycles. The Morgan fingerprint density at radius 1 is 1.56 bits per heavy atom. The molecule has 2 aromatic rings. The molecule has 1 aromatic carbocycles. The van der Waals surface area contributed by atoms with Crippen LogP contribution in [0.1, 0.15) is 5.56 Å². The van der Waals surface area contributed by atoms with Crippen LogP contribution in [0, 0.1) is 0 Å². The minimum absolute atomic E-state index is 0.0349. The maximum Gasteiger partial charge on any atom is 0.307 e. The lowest BCUT2D eigenvalue weighted by Crippen LogP contribution is -2.08. The average molecular weight is 283 g/mol. The van der Waals surface area contributed by atoms with Gasteiger partial charge in [0.05, 0.1) is 17.1 Å². The van der Waals surface area contributed by atoms with Gasteiger partial charge in [-0.2, -0.15) is 0 Å². The predicted octanol–water partition coefficient (Wildman–Crippen LogP) is 2.60. The number of hydrogen-bond donors (Lipinski definition) is 1. The van der Waals surface area contributed by atoms with E-state index in [-0.39, 0.29) is 6.42 Å². The number of carbonyl (C=O) groups is 1. The second-order valence-electron chi connectivity index (χ2n) is 3.76. The van der Waals surface area contributed by atoms with Gasteiger partial charge in [-0.15, -0.1) is 11.3 Å². The smallest absolute Gasteiger partial charge is 0.307 e. The second kappa shape index (κ2) is 5.37. The van der Waals surface area contributed by atoms with Crippen LogP contribution in [0.4, 0.5) is 5.69 Å². The summed E-state index contributed by atoms with van der Waals surface area (Å²) in [6, 6.07) is 5.11. The molecule has 0 saturated carbocycles. The lowest BCUT2D eigenvalue weighted by molar-refractivity contribution is -0.136. The zero-order valence-electron chi connectivity index (χ0n) is 9.63. The fourth-order valence-electron chi connectivity index (χ4n) is 1.46. The summed E-state index contributed by atoms with van der Waals surface area (Å²) in [5, 5.41) is 11.1. The van der Waals surface area contributed by atoms with E-state index < -0.39 is 5.97 Å². The van der Waals surface area contributed by atoms with Gasteiger partial charge in [-0.3, -0.25) is 4.79 Å². The van der Waals surface area contributed by atoms with Crippen LogP contribution in [0.2, 0.25) is 5.02 Å². The molecule has 2 rings (SSSR count). The van der Waals surface area contributed by atoms with E-state index >= 15 is 0 Å². The largest absolute Gasteiger partial charge is 0.481 e. The van der Waals surface area contributed by atoms with Crippen molar-refractivity contribution in [3.05, 3.63) is 45.2 Å². The molecule has 0 radical (unpaired) electrons. The van der Waals surface area contributed by atoms with Crippen molar-refractivity contribution in [1.82, 2.24) is 4.57 Å². The zero-order valence-corrected chi connectivity index (χ0v) is 11.2. The summed E-state index contributed by atoms with van der Waals surface area (Å²) >= 11 is 7.60. The molecule has 4 nitrogen and oxygen atoms in total. The lowest BCUT2D eigenvalue weighted by Gasteiger charge is -2.01. The number of rotatable bonds is 3. The summed E-state index contributed by atoms with van der Waals surface area (Å²) in [5.74, 6) is -0.875. The normalized spacial score (nSPS) is 11.8. The minimum Gasteiger partial charge on any atom is -0.481 e. The van der Waals surface area contributed by atoms with Gasteiger partial charge in [0, 0.05) is 18.6 Å². The second-order valence-corrected chi connectivity index (χ2v) is 5.04. The first-order valence-corrected chi connectivity index (χ1v) is 6.47. The third kappa shape index (κ3) is 3.00. The molecule has 18 heavy (non-hydrogen) atoms. The number of aryl methyl sites for hydroxylation is 1. The van der Waals surface area contributed by atoms with Crippen LogP contribution < -0.4 is 4.80 Å². The monoisotopic (exact) mass is 282 g/mol. The number of halogens is 1. The van der Waals surface area contributed by atoms with E-state index in [0.29, 0.717) is 16.3 Å². The van der Waals surface area contributed by atoms with Crippen LogP contribution >= 0.6 is 22.9 Å². The Bertz CT molecular complexity index is 646. The summed E-state index contributed by atoms with van der Waals surface area (Å²) in [7, 11) is 1.90. The van der Waals surface area contributed by atoms with E-state index in [1.54, 1.807) is 18.2 Å². The maximum absolute atomic E-state index is 10.6. The van der Waals surface area contributed by atoms with Crippen LogP contribution in [-0.2, 0) is 18.3 Å². The van der Waals surface area contributed by atoms with Crippen molar-refractivity contribution < 1.29 is 9.90 Å². The SMILES string of the molecule is Cn1ccs/c1=N\c1ccc(CC(=O)O)cc1Cl. The summed E-state index contributed by atoms with van der Waals surface area (Å²) in [6.07, 6.45) is 1.88. The van der Waals surface area contributed by atoms with Gasteiger partial charge in [0.2, 0.25) is 0 Å². The van der Waals surface area contributed by atoms with Crippen molar-refractivity contribution in [3.63, 3.8) is 0 Å². The van der Waals surface area contributed by atoms with E-state index in [9.17, 15) is 4.79 Å². The van der Waals surface area contributed by atoms with Crippen molar-refractivity contribution >= 4 is 34.6 Å². The molecule has 0 aliphatic heterocycles. The number of thiazole rings is 1. The number of benzene rings is 1. The number of nitrogens with zero attached hydrogens (tertiary/aromatic N) is 2. The van der Waals surface area contributed by atoms with E-state index in [2.05, 4.69) is 4.99 Å². The van der Waals surface area contributed by atoms with Gasteiger partial charge >= 0.3 is 5.97 Å². The fraction of sp³-hybridized carbons (Fsp3) is 0.167. The van der Waals surface area contributed by atoms with Crippen LogP contribution in [0.15, 0.2) is 34.8 Å². The topological polar surface area (TPSA) is 54.6 Å².